The summed E-state index contributed by atoms with van der Waals surface area (Å²) < 4.78 is 4.91. The van der Waals surface area contributed by atoms with Crippen LogP contribution in [0, 0.1) is 0 Å². The first-order chi connectivity index (χ1) is 12.7. The van der Waals surface area contributed by atoms with Crippen LogP contribution in [0.2, 0.25) is 0 Å². The summed E-state index contributed by atoms with van der Waals surface area (Å²) in [4.78, 5) is 28.0. The number of amides is 1. The Labute approximate surface area is 157 Å². The predicted octanol–water partition coefficient (Wildman–Crippen LogP) is 3.23. The fraction of sp³-hybridized carbons (Fsp3) is 0.619. The van der Waals surface area contributed by atoms with E-state index in [2.05, 4.69) is 29.2 Å². The third-order valence-corrected chi connectivity index (χ3v) is 4.80. The van der Waals surface area contributed by atoms with E-state index in [4.69, 9.17) is 4.74 Å². The molecule has 0 radical (unpaired) electrons. The zero-order valence-electron chi connectivity index (χ0n) is 16.0. The molecule has 5 heteroatoms. The van der Waals surface area contributed by atoms with Gasteiger partial charge in [0.1, 0.15) is 0 Å². The highest BCUT2D eigenvalue weighted by molar-refractivity contribution is 5.76. The maximum Gasteiger partial charge on any atom is 0.305 e. The maximum absolute atomic E-state index is 12.3. The van der Waals surface area contributed by atoms with E-state index in [0.717, 1.165) is 58.4 Å². The van der Waals surface area contributed by atoms with Crippen molar-refractivity contribution >= 4 is 11.9 Å². The number of piperazine rings is 1. The quantitative estimate of drug-likeness (QED) is 0.475. The molecule has 0 aromatic heterocycles. The first kappa shape index (κ1) is 20.4. The number of esters is 1. The Bertz CT molecular complexity index is 539. The van der Waals surface area contributed by atoms with Crippen molar-refractivity contribution in [2.24, 2.45) is 0 Å². The molecule has 0 atom stereocenters. The topological polar surface area (TPSA) is 49.9 Å². The van der Waals surface area contributed by atoms with Crippen LogP contribution in [0.25, 0.3) is 0 Å². The molecule has 1 aromatic carbocycles. The van der Waals surface area contributed by atoms with E-state index in [0.29, 0.717) is 19.4 Å². The highest BCUT2D eigenvalue weighted by Crippen LogP contribution is 2.12. The van der Waals surface area contributed by atoms with Crippen LogP contribution in [0.4, 0.5) is 0 Å². The first-order valence-electron chi connectivity index (χ1n) is 9.88. The van der Waals surface area contributed by atoms with Crippen LogP contribution >= 0.6 is 0 Å². The molecule has 5 nitrogen and oxygen atoms in total. The van der Waals surface area contributed by atoms with Gasteiger partial charge in [-0.3, -0.25) is 14.5 Å². The van der Waals surface area contributed by atoms with Gasteiger partial charge in [0.05, 0.1) is 6.61 Å². The van der Waals surface area contributed by atoms with E-state index < -0.39 is 0 Å². The second-order valence-corrected chi connectivity index (χ2v) is 6.86. The number of carbonyl (C=O) groups is 2. The number of rotatable bonds is 10. The molecule has 1 fully saturated rings. The third-order valence-electron chi connectivity index (χ3n) is 4.80. The van der Waals surface area contributed by atoms with Crippen LogP contribution in [-0.2, 0) is 20.9 Å². The minimum Gasteiger partial charge on any atom is -0.466 e. The molecule has 0 unspecified atom stereocenters. The van der Waals surface area contributed by atoms with Crippen LogP contribution in [0.3, 0.4) is 0 Å². The Morgan fingerprint density at radius 3 is 2.23 bits per heavy atom. The Morgan fingerprint density at radius 2 is 1.58 bits per heavy atom. The summed E-state index contributed by atoms with van der Waals surface area (Å²) in [6, 6.07) is 10.5. The van der Waals surface area contributed by atoms with Crippen molar-refractivity contribution in [3.05, 3.63) is 35.9 Å². The fourth-order valence-electron chi connectivity index (χ4n) is 3.29. The van der Waals surface area contributed by atoms with Gasteiger partial charge >= 0.3 is 5.97 Å². The number of nitrogens with zero attached hydrogens (tertiary/aromatic N) is 2. The van der Waals surface area contributed by atoms with Crippen LogP contribution < -0.4 is 0 Å². The van der Waals surface area contributed by atoms with Crippen molar-refractivity contribution in [2.45, 2.75) is 52.0 Å². The lowest BCUT2D eigenvalue weighted by Gasteiger charge is -2.34. The second kappa shape index (κ2) is 11.7. The third kappa shape index (κ3) is 7.56. The molecule has 1 saturated heterocycles. The lowest BCUT2D eigenvalue weighted by atomic mass is 10.1. The average molecular weight is 360 g/mol. The van der Waals surface area contributed by atoms with E-state index in [9.17, 15) is 9.59 Å². The molecule has 1 aliphatic heterocycles. The van der Waals surface area contributed by atoms with Gasteiger partial charge < -0.3 is 9.64 Å². The van der Waals surface area contributed by atoms with Crippen LogP contribution in [-0.4, -0.2) is 54.5 Å². The smallest absolute Gasteiger partial charge is 0.305 e. The van der Waals surface area contributed by atoms with Gasteiger partial charge in [-0.25, -0.2) is 0 Å². The van der Waals surface area contributed by atoms with Crippen molar-refractivity contribution in [3.8, 4) is 0 Å². The number of ether oxygens (including phenoxy) is 1. The molecule has 0 bridgehead atoms. The Hall–Kier alpha value is -1.88. The molecule has 2 rings (SSSR count). The molecule has 1 aromatic rings. The summed E-state index contributed by atoms with van der Waals surface area (Å²) >= 11 is 0. The molecule has 1 heterocycles. The molecule has 1 aliphatic rings. The van der Waals surface area contributed by atoms with Crippen molar-refractivity contribution in [2.75, 3.05) is 32.8 Å². The molecule has 0 N–H and O–H groups in total. The molecule has 1 amide bonds. The average Bonchev–Trinajstić information content (AvgIpc) is 2.66. The van der Waals surface area contributed by atoms with Crippen molar-refractivity contribution in [1.29, 1.82) is 0 Å². The SMILES string of the molecule is CCOC(=O)CCCCCCC(=O)N1CCN(Cc2ccccc2)CC1. The van der Waals surface area contributed by atoms with E-state index in [-0.39, 0.29) is 11.9 Å². The summed E-state index contributed by atoms with van der Waals surface area (Å²) in [5, 5.41) is 0. The Morgan fingerprint density at radius 1 is 0.923 bits per heavy atom. The van der Waals surface area contributed by atoms with Crippen LogP contribution in [0.1, 0.15) is 51.0 Å². The lowest BCUT2D eigenvalue weighted by Crippen LogP contribution is -2.48. The number of hydrogen-bond acceptors (Lipinski definition) is 4. The van der Waals surface area contributed by atoms with Gasteiger partial charge in [0.25, 0.3) is 0 Å². The molecule has 26 heavy (non-hydrogen) atoms. The van der Waals surface area contributed by atoms with E-state index >= 15 is 0 Å². The maximum atomic E-state index is 12.3. The van der Waals surface area contributed by atoms with Crippen molar-refractivity contribution < 1.29 is 14.3 Å². The molecule has 0 saturated carbocycles. The van der Waals surface area contributed by atoms with Gasteiger partial charge in [-0.05, 0) is 25.3 Å². The van der Waals surface area contributed by atoms with E-state index in [1.165, 1.54) is 5.56 Å². The van der Waals surface area contributed by atoms with Gasteiger partial charge in [0.15, 0.2) is 0 Å². The van der Waals surface area contributed by atoms with Crippen molar-refractivity contribution in [1.82, 2.24) is 9.80 Å². The Kier molecular flexibility index (Phi) is 9.18. The summed E-state index contributed by atoms with van der Waals surface area (Å²) in [7, 11) is 0. The number of carbonyl (C=O) groups excluding carboxylic acids is 2. The highest BCUT2D eigenvalue weighted by Gasteiger charge is 2.20. The highest BCUT2D eigenvalue weighted by atomic mass is 16.5. The molecule has 0 aliphatic carbocycles. The number of unbranched alkanes of at least 4 members (excludes halogenated alkanes) is 3. The molecular weight excluding hydrogens is 328 g/mol. The molecule has 0 spiro atoms. The standard InChI is InChI=1S/C21H32N2O3/c1-2-26-21(25)13-9-4-3-8-12-20(24)23-16-14-22(15-17-23)18-19-10-6-5-7-11-19/h5-7,10-11H,2-4,8-9,12-18H2,1H3. The zero-order chi connectivity index (χ0) is 18.6. The van der Waals surface area contributed by atoms with Gasteiger partial charge in [0.2, 0.25) is 5.91 Å². The normalized spacial score (nSPS) is 15.0. The van der Waals surface area contributed by atoms with Crippen molar-refractivity contribution in [3.63, 3.8) is 0 Å². The minimum absolute atomic E-state index is 0.114. The molecule has 144 valence electrons. The van der Waals surface area contributed by atoms with Gasteiger partial charge in [0, 0.05) is 45.6 Å². The van der Waals surface area contributed by atoms with Crippen LogP contribution in [0.5, 0.6) is 0 Å². The predicted molar refractivity (Wildman–Crippen MR) is 103 cm³/mol. The monoisotopic (exact) mass is 360 g/mol. The molecular formula is C21H32N2O3. The lowest BCUT2D eigenvalue weighted by molar-refractivity contribution is -0.143. The first-order valence-corrected chi connectivity index (χ1v) is 9.88. The summed E-state index contributed by atoms with van der Waals surface area (Å²) in [6.07, 6.45) is 4.86. The fourth-order valence-corrected chi connectivity index (χ4v) is 3.29. The van der Waals surface area contributed by atoms with Gasteiger partial charge in [-0.2, -0.15) is 0 Å². The van der Waals surface area contributed by atoms with Crippen LogP contribution in [0.15, 0.2) is 30.3 Å². The largest absolute Gasteiger partial charge is 0.466 e. The number of benzene rings is 1. The number of hydrogen-bond donors (Lipinski definition) is 0. The summed E-state index contributed by atoms with van der Waals surface area (Å²) in [6.45, 7) is 6.78. The van der Waals surface area contributed by atoms with E-state index in [1.54, 1.807) is 0 Å². The van der Waals surface area contributed by atoms with E-state index in [1.807, 2.05) is 17.9 Å². The zero-order valence-corrected chi connectivity index (χ0v) is 16.0. The summed E-state index contributed by atoms with van der Waals surface area (Å²) in [5.41, 5.74) is 1.33. The Balaban J connectivity index is 1.53. The second-order valence-electron chi connectivity index (χ2n) is 6.86. The van der Waals surface area contributed by atoms with Gasteiger partial charge in [-0.1, -0.05) is 43.2 Å². The van der Waals surface area contributed by atoms with Gasteiger partial charge in [-0.15, -0.1) is 0 Å². The summed E-state index contributed by atoms with van der Waals surface area (Å²) in [5.74, 6) is 0.159. The minimum atomic E-state index is -0.114.